The van der Waals surface area contributed by atoms with E-state index < -0.39 is 13.4 Å². The van der Waals surface area contributed by atoms with Crippen LogP contribution in [0.25, 0.3) is 108 Å². The van der Waals surface area contributed by atoms with Crippen molar-refractivity contribution in [1.29, 1.82) is 0 Å². The van der Waals surface area contributed by atoms with Gasteiger partial charge in [0.05, 0.1) is 0 Å². The van der Waals surface area contributed by atoms with Crippen molar-refractivity contribution in [2.45, 2.75) is 0 Å². The summed E-state index contributed by atoms with van der Waals surface area (Å²) in [5.74, 6) is 0. The minimum atomic E-state index is -3.81. The van der Waals surface area contributed by atoms with Gasteiger partial charge in [-0.25, -0.2) is 0 Å². The van der Waals surface area contributed by atoms with Gasteiger partial charge in [-0.2, -0.15) is 0 Å². The first-order valence-corrected chi connectivity index (χ1v) is 24.9. The van der Waals surface area contributed by atoms with Crippen LogP contribution in [0.15, 0.2) is 194 Å². The van der Waals surface area contributed by atoms with E-state index >= 15 is 0 Å². The molecule has 6 nitrogen and oxygen atoms in total. The maximum atomic E-state index is 7.56. The Morgan fingerprint density at radius 1 is 0.222 bits per heavy atom. The van der Waals surface area contributed by atoms with Crippen molar-refractivity contribution in [3.05, 3.63) is 194 Å². The van der Waals surface area contributed by atoms with E-state index in [4.69, 9.17) is 29.4 Å². The number of fused-ring (bicyclic) bond motifs is 12. The van der Waals surface area contributed by atoms with Crippen molar-refractivity contribution in [3.8, 4) is 0 Å². The Bertz CT molecular complexity index is 3520. The quantitative estimate of drug-likeness (QED) is 0.0385. The van der Waals surface area contributed by atoms with E-state index in [2.05, 4.69) is 218 Å². The van der Waals surface area contributed by atoms with E-state index in [1.807, 2.05) is 0 Å². The van der Waals surface area contributed by atoms with E-state index in [0.717, 1.165) is 0 Å². The summed E-state index contributed by atoms with van der Waals surface area (Å²) in [5, 5.41) is 26.1. The first-order valence-electron chi connectivity index (χ1n) is 19.6. The van der Waals surface area contributed by atoms with E-state index in [1.165, 1.54) is 108 Å². The van der Waals surface area contributed by atoms with Crippen molar-refractivity contribution in [1.82, 2.24) is 0 Å². The predicted molar refractivity (Wildman–Crippen MR) is 270 cm³/mol. The van der Waals surface area contributed by atoms with Gasteiger partial charge in [-0.1, -0.05) is 121 Å². The zero-order valence-electron chi connectivity index (χ0n) is 33.6. The second-order valence-corrected chi connectivity index (χ2v) is 20.2. The fraction of sp³-hybridized carbons (Fsp3) is 0. The molecule has 0 atom stereocenters. The van der Waals surface area contributed by atoms with Crippen molar-refractivity contribution >= 4 is 145 Å². The Kier molecular flexibility index (Phi) is 12.9. The zero-order valence-corrected chi connectivity index (χ0v) is 40.0. The first-order chi connectivity index (χ1) is 29.7. The molecular weight excluding hydrogens is 912 g/mol. The molecule has 0 saturated heterocycles. The minimum absolute atomic E-state index is 0. The van der Waals surface area contributed by atoms with Crippen molar-refractivity contribution in [2.24, 2.45) is 0 Å². The van der Waals surface area contributed by atoms with Gasteiger partial charge in [-0.3, -0.25) is 0 Å². The normalized spacial score (nSPS) is 11.7. The molecule has 11 heteroatoms. The molecule has 12 aromatic carbocycles. The predicted octanol–water partition coefficient (Wildman–Crippen LogP) is 13.3. The first kappa shape index (κ1) is 44.5. The Balaban J connectivity index is 0.000000141. The fourth-order valence-electron chi connectivity index (χ4n) is 8.38. The summed E-state index contributed by atoms with van der Waals surface area (Å²) >= 11 is 7.21. The van der Waals surface area contributed by atoms with E-state index in [-0.39, 0.29) is 19.5 Å². The molecule has 0 unspecified atom stereocenters. The van der Waals surface area contributed by atoms with E-state index in [0.29, 0.717) is 0 Å². The SMILES string of the molecule is OP(O)(O)=S.OP(O)(O)=S.[Zn].c1ccc2cc3cc4c(ccc5cc6ccccc6cc54)cc3cc2c1.c1ccc2cc3cc4c(ccc5cc6ccccc6cc54)cc3cc2c1. The molecule has 0 bridgehead atoms. The summed E-state index contributed by atoms with van der Waals surface area (Å²) in [4.78, 5) is 45.3. The van der Waals surface area contributed by atoms with Gasteiger partial charge in [0.2, 0.25) is 0 Å². The van der Waals surface area contributed by atoms with Crippen LogP contribution in [0, 0.1) is 0 Å². The maximum Gasteiger partial charge on any atom is 0.319 e. The van der Waals surface area contributed by atoms with Crippen LogP contribution in [-0.4, -0.2) is 29.4 Å². The van der Waals surface area contributed by atoms with Gasteiger partial charge in [0.1, 0.15) is 0 Å². The summed E-state index contributed by atoms with van der Waals surface area (Å²) in [6.07, 6.45) is 0. The van der Waals surface area contributed by atoms with Crippen molar-refractivity contribution < 1.29 is 48.8 Å². The summed E-state index contributed by atoms with van der Waals surface area (Å²) in [5.41, 5.74) is 0. The van der Waals surface area contributed by atoms with Crippen molar-refractivity contribution in [2.75, 3.05) is 0 Å². The Morgan fingerprint density at radius 2 is 0.365 bits per heavy atom. The Morgan fingerprint density at radius 3 is 0.587 bits per heavy atom. The average Bonchev–Trinajstić information content (AvgIpc) is 3.24. The smallest absolute Gasteiger partial charge is 0.319 e. The third kappa shape index (κ3) is 10.3. The molecule has 0 spiro atoms. The van der Waals surface area contributed by atoms with Crippen LogP contribution in [-0.2, 0) is 43.1 Å². The third-order valence-electron chi connectivity index (χ3n) is 11.0. The number of benzene rings is 12. The van der Waals surface area contributed by atoms with Crippen LogP contribution in [0.2, 0.25) is 0 Å². The van der Waals surface area contributed by atoms with Crippen LogP contribution >= 0.6 is 13.4 Å². The summed E-state index contributed by atoms with van der Waals surface area (Å²) in [6.45, 7) is -7.61. The average molecular weight is 950 g/mol. The van der Waals surface area contributed by atoms with Gasteiger partial charge in [0.15, 0.2) is 0 Å². The summed E-state index contributed by atoms with van der Waals surface area (Å²) < 4.78 is 0. The summed E-state index contributed by atoms with van der Waals surface area (Å²) in [7, 11) is 0. The van der Waals surface area contributed by atoms with E-state index in [1.54, 1.807) is 0 Å². The van der Waals surface area contributed by atoms with Crippen LogP contribution in [0.1, 0.15) is 0 Å². The largest absolute Gasteiger partial charge is 0.325 e. The molecule has 0 aromatic heterocycles. The minimum Gasteiger partial charge on any atom is -0.325 e. The van der Waals surface area contributed by atoms with Gasteiger partial charge in [-0.05, 0) is 204 Å². The molecule has 0 fully saturated rings. The number of rotatable bonds is 0. The molecule has 0 heterocycles. The van der Waals surface area contributed by atoms with Gasteiger partial charge in [-0.15, -0.1) is 0 Å². The molecule has 12 rings (SSSR count). The molecule has 6 N–H and O–H groups in total. The van der Waals surface area contributed by atoms with Crippen molar-refractivity contribution in [3.63, 3.8) is 0 Å². The second kappa shape index (κ2) is 18.2. The molecule has 0 aliphatic rings. The van der Waals surface area contributed by atoms with Gasteiger partial charge < -0.3 is 29.4 Å². The van der Waals surface area contributed by atoms with Gasteiger partial charge in [0, 0.05) is 19.5 Å². The molecule has 0 radical (unpaired) electrons. The standard InChI is InChI=1S/2C26H16.2H3O3PS.Zn/c2*1-2-7-19-13-24-16-26-22(14-23(24)12-18(19)6-1)10-9-21-11-17-5-3-4-8-20(17)15-25(21)26;2*1-4(2,3)5;/h2*1-16H;2*(H3,1,2,3,5);. The van der Waals surface area contributed by atoms with Crippen LogP contribution in [0.3, 0.4) is 0 Å². The number of hydrogen-bond acceptors (Lipinski definition) is 2. The molecule has 0 aliphatic heterocycles. The van der Waals surface area contributed by atoms with Crippen LogP contribution in [0.4, 0.5) is 0 Å². The van der Waals surface area contributed by atoms with Crippen LogP contribution < -0.4 is 0 Å². The molecule has 0 aliphatic carbocycles. The molecule has 0 amide bonds. The second-order valence-electron chi connectivity index (χ2n) is 15.2. The number of hydrogen-bond donors (Lipinski definition) is 6. The topological polar surface area (TPSA) is 121 Å². The Labute approximate surface area is 385 Å². The van der Waals surface area contributed by atoms with Gasteiger partial charge >= 0.3 is 13.4 Å². The molecule has 0 saturated carbocycles. The van der Waals surface area contributed by atoms with Crippen LogP contribution in [0.5, 0.6) is 0 Å². The van der Waals surface area contributed by atoms with Gasteiger partial charge in [0.25, 0.3) is 0 Å². The maximum absolute atomic E-state index is 7.56. The zero-order chi connectivity index (χ0) is 43.2. The summed E-state index contributed by atoms with van der Waals surface area (Å²) in [6, 6.07) is 71.2. The molecule has 12 aromatic rings. The molecular formula is C52H38O6P2S2Zn. The van der Waals surface area contributed by atoms with E-state index in [9.17, 15) is 0 Å². The Hall–Kier alpha value is -5.08. The fourth-order valence-corrected chi connectivity index (χ4v) is 8.38. The third-order valence-corrected chi connectivity index (χ3v) is 11.0. The molecule has 63 heavy (non-hydrogen) atoms. The monoisotopic (exact) mass is 948 g/mol. The molecule has 306 valence electrons.